The van der Waals surface area contributed by atoms with Crippen LogP contribution in [0, 0.1) is 0 Å². The normalized spacial score (nSPS) is 11.4. The Bertz CT molecular complexity index is 277. The molecule has 0 saturated carbocycles. The van der Waals surface area contributed by atoms with Gasteiger partial charge in [-0.2, -0.15) is 0 Å². The summed E-state index contributed by atoms with van der Waals surface area (Å²) in [6.45, 7) is 6.96. The van der Waals surface area contributed by atoms with E-state index in [1.807, 2.05) is 19.1 Å². The Morgan fingerprint density at radius 2 is 1.79 bits per heavy atom. The Hall–Kier alpha value is -0.690. The van der Waals surface area contributed by atoms with Crippen LogP contribution in [-0.4, -0.2) is 12.5 Å². The summed E-state index contributed by atoms with van der Waals surface area (Å²) in [6, 6.07) is 8.14. The van der Waals surface area contributed by atoms with E-state index in [1.54, 1.807) is 0 Å². The average Bonchev–Trinajstić information content (AvgIpc) is 2.19. The number of rotatable bonds is 4. The van der Waals surface area contributed by atoms with Gasteiger partial charge in [-0.3, -0.25) is 0 Å². The zero-order valence-corrected chi connectivity index (χ0v) is 9.77. The first-order valence-electron chi connectivity index (χ1n) is 4.89. The summed E-state index contributed by atoms with van der Waals surface area (Å²) in [5.74, 6) is 1.54. The van der Waals surface area contributed by atoms with E-state index in [9.17, 15) is 0 Å². The maximum Gasteiger partial charge on any atom is 0.119 e. The van der Waals surface area contributed by atoms with E-state index in [0.717, 1.165) is 5.75 Å². The van der Waals surface area contributed by atoms with Crippen molar-refractivity contribution in [1.29, 1.82) is 0 Å². The monoisotopic (exact) mass is 212 g/mol. The predicted molar refractivity (Wildman–Crippen MR) is 61.4 cm³/mol. The van der Waals surface area contributed by atoms with Crippen LogP contribution in [-0.2, 0) is 5.41 Å². The molecule has 0 aliphatic heterocycles. The second kappa shape index (κ2) is 4.70. The number of hydrogen-bond donors (Lipinski definition) is 0. The van der Waals surface area contributed by atoms with Crippen LogP contribution in [0.3, 0.4) is 0 Å². The molecule has 0 unspecified atom stereocenters. The lowest BCUT2D eigenvalue weighted by molar-refractivity contribution is 0.340. The number of alkyl halides is 1. The van der Waals surface area contributed by atoms with Gasteiger partial charge in [-0.25, -0.2) is 0 Å². The largest absolute Gasteiger partial charge is 0.494 e. The van der Waals surface area contributed by atoms with Crippen molar-refractivity contribution in [2.75, 3.05) is 12.5 Å². The zero-order chi connectivity index (χ0) is 10.6. The fourth-order valence-corrected chi connectivity index (χ4v) is 1.40. The van der Waals surface area contributed by atoms with Gasteiger partial charge in [0.2, 0.25) is 0 Å². The van der Waals surface area contributed by atoms with E-state index >= 15 is 0 Å². The summed E-state index contributed by atoms with van der Waals surface area (Å²) in [5.41, 5.74) is 1.28. The summed E-state index contributed by atoms with van der Waals surface area (Å²) < 4.78 is 5.37. The zero-order valence-electron chi connectivity index (χ0n) is 9.01. The van der Waals surface area contributed by atoms with Gasteiger partial charge in [-0.1, -0.05) is 26.0 Å². The van der Waals surface area contributed by atoms with Gasteiger partial charge in [-0.15, -0.1) is 11.6 Å². The van der Waals surface area contributed by atoms with Crippen molar-refractivity contribution in [3.63, 3.8) is 0 Å². The topological polar surface area (TPSA) is 9.23 Å². The SMILES string of the molecule is CCOc1ccc(C(C)(C)CCl)cc1. The highest BCUT2D eigenvalue weighted by atomic mass is 35.5. The first-order chi connectivity index (χ1) is 6.60. The number of hydrogen-bond acceptors (Lipinski definition) is 1. The van der Waals surface area contributed by atoms with E-state index in [-0.39, 0.29) is 5.41 Å². The van der Waals surface area contributed by atoms with Gasteiger partial charge >= 0.3 is 0 Å². The van der Waals surface area contributed by atoms with Gasteiger partial charge < -0.3 is 4.74 Å². The van der Waals surface area contributed by atoms with Crippen molar-refractivity contribution in [2.24, 2.45) is 0 Å². The Kier molecular flexibility index (Phi) is 3.82. The van der Waals surface area contributed by atoms with E-state index in [0.29, 0.717) is 12.5 Å². The minimum Gasteiger partial charge on any atom is -0.494 e. The molecule has 0 heterocycles. The third kappa shape index (κ3) is 2.65. The third-order valence-electron chi connectivity index (χ3n) is 2.28. The molecule has 0 radical (unpaired) electrons. The van der Waals surface area contributed by atoms with Crippen LogP contribution in [0.2, 0.25) is 0 Å². The van der Waals surface area contributed by atoms with Crippen LogP contribution >= 0.6 is 11.6 Å². The van der Waals surface area contributed by atoms with Crippen molar-refractivity contribution in [3.8, 4) is 5.75 Å². The standard InChI is InChI=1S/C12H17ClO/c1-4-14-11-7-5-10(6-8-11)12(2,3)9-13/h5-8H,4,9H2,1-3H3. The van der Waals surface area contributed by atoms with Gasteiger partial charge in [0, 0.05) is 11.3 Å². The summed E-state index contributed by atoms with van der Waals surface area (Å²) in [5, 5.41) is 0. The highest BCUT2D eigenvalue weighted by molar-refractivity contribution is 6.18. The molecule has 1 rings (SSSR count). The maximum atomic E-state index is 5.90. The molecule has 1 aromatic rings. The smallest absolute Gasteiger partial charge is 0.119 e. The van der Waals surface area contributed by atoms with Crippen molar-refractivity contribution in [3.05, 3.63) is 29.8 Å². The lowest BCUT2D eigenvalue weighted by Gasteiger charge is -2.22. The van der Waals surface area contributed by atoms with E-state index in [1.165, 1.54) is 5.56 Å². The molecule has 78 valence electrons. The Morgan fingerprint density at radius 1 is 1.21 bits per heavy atom. The number of halogens is 1. The molecule has 0 aliphatic carbocycles. The molecule has 0 bridgehead atoms. The summed E-state index contributed by atoms with van der Waals surface area (Å²) in [6.07, 6.45) is 0. The second-order valence-electron chi connectivity index (χ2n) is 3.97. The molecule has 0 saturated heterocycles. The van der Waals surface area contributed by atoms with Crippen LogP contribution in [0.5, 0.6) is 5.75 Å². The van der Waals surface area contributed by atoms with E-state index in [2.05, 4.69) is 26.0 Å². The fourth-order valence-electron chi connectivity index (χ4n) is 1.25. The summed E-state index contributed by atoms with van der Waals surface area (Å²) >= 11 is 5.90. The third-order valence-corrected chi connectivity index (χ3v) is 2.95. The summed E-state index contributed by atoms with van der Waals surface area (Å²) in [7, 11) is 0. The van der Waals surface area contributed by atoms with Crippen molar-refractivity contribution in [2.45, 2.75) is 26.2 Å². The van der Waals surface area contributed by atoms with Gasteiger partial charge in [-0.05, 0) is 24.6 Å². The molecular formula is C12H17ClO. The Labute approximate surface area is 91.0 Å². The molecule has 0 aromatic heterocycles. The molecule has 0 aliphatic rings. The van der Waals surface area contributed by atoms with Crippen molar-refractivity contribution >= 4 is 11.6 Å². The summed E-state index contributed by atoms with van der Waals surface area (Å²) in [4.78, 5) is 0. The Morgan fingerprint density at radius 3 is 2.21 bits per heavy atom. The fraction of sp³-hybridized carbons (Fsp3) is 0.500. The van der Waals surface area contributed by atoms with Crippen LogP contribution in [0.4, 0.5) is 0 Å². The lowest BCUT2D eigenvalue weighted by atomic mass is 9.87. The molecule has 0 fully saturated rings. The number of ether oxygens (including phenoxy) is 1. The molecule has 0 amide bonds. The van der Waals surface area contributed by atoms with Gasteiger partial charge in [0.1, 0.15) is 5.75 Å². The minimum absolute atomic E-state index is 0.0340. The number of benzene rings is 1. The highest BCUT2D eigenvalue weighted by Crippen LogP contribution is 2.26. The molecule has 0 N–H and O–H groups in total. The van der Waals surface area contributed by atoms with Crippen molar-refractivity contribution in [1.82, 2.24) is 0 Å². The quantitative estimate of drug-likeness (QED) is 0.693. The minimum atomic E-state index is 0.0340. The van der Waals surface area contributed by atoms with Crippen LogP contribution in [0.25, 0.3) is 0 Å². The first kappa shape index (κ1) is 11.4. The highest BCUT2D eigenvalue weighted by Gasteiger charge is 2.18. The first-order valence-corrected chi connectivity index (χ1v) is 5.43. The molecule has 2 heteroatoms. The molecule has 1 aromatic carbocycles. The average molecular weight is 213 g/mol. The predicted octanol–water partition coefficient (Wildman–Crippen LogP) is 3.60. The Balaban J connectivity index is 2.82. The molecule has 0 atom stereocenters. The van der Waals surface area contributed by atoms with Gasteiger partial charge in [0.25, 0.3) is 0 Å². The maximum absolute atomic E-state index is 5.90. The molecular weight excluding hydrogens is 196 g/mol. The van der Waals surface area contributed by atoms with Crippen LogP contribution < -0.4 is 4.74 Å². The van der Waals surface area contributed by atoms with Crippen molar-refractivity contribution < 1.29 is 4.74 Å². The van der Waals surface area contributed by atoms with Gasteiger partial charge in [0.15, 0.2) is 0 Å². The molecule has 1 nitrogen and oxygen atoms in total. The lowest BCUT2D eigenvalue weighted by Crippen LogP contribution is -2.18. The van der Waals surface area contributed by atoms with Crippen LogP contribution in [0.15, 0.2) is 24.3 Å². The molecule has 0 spiro atoms. The van der Waals surface area contributed by atoms with E-state index < -0.39 is 0 Å². The van der Waals surface area contributed by atoms with Crippen LogP contribution in [0.1, 0.15) is 26.3 Å². The second-order valence-corrected chi connectivity index (χ2v) is 4.24. The van der Waals surface area contributed by atoms with E-state index in [4.69, 9.17) is 16.3 Å². The molecule has 14 heavy (non-hydrogen) atoms. The van der Waals surface area contributed by atoms with Gasteiger partial charge in [0.05, 0.1) is 6.61 Å².